The summed E-state index contributed by atoms with van der Waals surface area (Å²) < 4.78 is 6.40. The lowest BCUT2D eigenvalue weighted by atomic mass is 10.1. The van der Waals surface area contributed by atoms with E-state index in [4.69, 9.17) is 4.74 Å². The molecule has 0 unspecified atom stereocenters. The van der Waals surface area contributed by atoms with Crippen molar-refractivity contribution >= 4 is 38.4 Å². The molecule has 23 heavy (non-hydrogen) atoms. The van der Waals surface area contributed by atoms with Crippen molar-refractivity contribution < 1.29 is 9.53 Å². The van der Waals surface area contributed by atoms with Crippen LogP contribution in [0.2, 0.25) is 0 Å². The predicted molar refractivity (Wildman–Crippen MR) is 97.4 cm³/mol. The van der Waals surface area contributed by atoms with Gasteiger partial charge in [0.15, 0.2) is 0 Å². The Labute approximate surface area is 143 Å². The smallest absolute Gasteiger partial charge is 0.345 e. The maximum atomic E-state index is 12.6. The van der Waals surface area contributed by atoms with E-state index in [0.29, 0.717) is 11.3 Å². The molecule has 0 fully saturated rings. The highest BCUT2D eigenvalue weighted by molar-refractivity contribution is 9.10. The number of carbonyl (C=O) groups is 1. The van der Waals surface area contributed by atoms with Crippen molar-refractivity contribution in [2.75, 3.05) is 19.0 Å². The number of hydrogen-bond acceptors (Lipinski definition) is 3. The minimum absolute atomic E-state index is 0.370. The Morgan fingerprint density at radius 3 is 2.43 bits per heavy atom. The summed E-state index contributed by atoms with van der Waals surface area (Å²) in [6, 6.07) is 19.1. The molecule has 0 N–H and O–H groups in total. The number of nitrogens with zero attached hydrogens (tertiary/aromatic N) is 1. The number of anilines is 1. The van der Waals surface area contributed by atoms with Crippen molar-refractivity contribution in [2.45, 2.75) is 0 Å². The van der Waals surface area contributed by atoms with Crippen LogP contribution in [0.4, 0.5) is 5.69 Å². The van der Waals surface area contributed by atoms with Gasteiger partial charge in [-0.3, -0.25) is 0 Å². The minimum Gasteiger partial charge on any atom is -0.422 e. The van der Waals surface area contributed by atoms with Gasteiger partial charge < -0.3 is 9.64 Å². The average Bonchev–Trinajstić information content (AvgIpc) is 2.57. The highest BCUT2D eigenvalue weighted by Gasteiger charge is 2.16. The molecular formula is C19H16BrNO2. The van der Waals surface area contributed by atoms with Gasteiger partial charge in [-0.05, 0) is 44.9 Å². The normalized spacial score (nSPS) is 10.6. The van der Waals surface area contributed by atoms with Gasteiger partial charge in [-0.1, -0.05) is 42.5 Å². The number of rotatable bonds is 3. The topological polar surface area (TPSA) is 29.5 Å². The first-order valence-electron chi connectivity index (χ1n) is 7.23. The lowest BCUT2D eigenvalue weighted by molar-refractivity contribution is 0.0734. The van der Waals surface area contributed by atoms with E-state index in [9.17, 15) is 4.79 Å². The molecule has 3 aromatic rings. The van der Waals surface area contributed by atoms with Crippen molar-refractivity contribution in [2.24, 2.45) is 0 Å². The van der Waals surface area contributed by atoms with Crippen LogP contribution in [0, 0.1) is 0 Å². The van der Waals surface area contributed by atoms with Gasteiger partial charge in [0, 0.05) is 14.1 Å². The van der Waals surface area contributed by atoms with Crippen LogP contribution in [0.25, 0.3) is 10.8 Å². The second-order valence-corrected chi connectivity index (χ2v) is 6.19. The third-order valence-electron chi connectivity index (χ3n) is 3.64. The van der Waals surface area contributed by atoms with Crippen LogP contribution in [-0.4, -0.2) is 20.1 Å². The monoisotopic (exact) mass is 369 g/mol. The standard InChI is InChI=1S/C19H16BrNO2/c1-21(2)16-10-6-5-9-15(16)19(22)23-17-12-11-13-7-3-4-8-14(13)18(17)20/h3-12H,1-2H3. The van der Waals surface area contributed by atoms with E-state index < -0.39 is 0 Å². The van der Waals surface area contributed by atoms with Crippen LogP contribution in [0.5, 0.6) is 5.75 Å². The number of fused-ring (bicyclic) bond motifs is 1. The largest absolute Gasteiger partial charge is 0.422 e. The summed E-state index contributed by atoms with van der Waals surface area (Å²) in [4.78, 5) is 14.5. The summed E-state index contributed by atoms with van der Waals surface area (Å²) in [5.41, 5.74) is 1.37. The molecule has 4 heteroatoms. The summed E-state index contributed by atoms with van der Waals surface area (Å²) in [6.07, 6.45) is 0. The molecule has 0 amide bonds. The molecule has 0 aliphatic heterocycles. The summed E-state index contributed by atoms with van der Waals surface area (Å²) in [5, 5.41) is 2.10. The molecule has 0 heterocycles. The zero-order valence-electron chi connectivity index (χ0n) is 12.9. The fourth-order valence-electron chi connectivity index (χ4n) is 2.48. The van der Waals surface area contributed by atoms with E-state index in [1.54, 1.807) is 6.07 Å². The molecule has 0 saturated heterocycles. The Morgan fingerprint density at radius 1 is 0.957 bits per heavy atom. The third-order valence-corrected chi connectivity index (χ3v) is 4.45. The average molecular weight is 370 g/mol. The molecule has 0 aliphatic carbocycles. The van der Waals surface area contributed by atoms with Crippen molar-refractivity contribution in [1.82, 2.24) is 0 Å². The van der Waals surface area contributed by atoms with E-state index in [1.165, 1.54) is 0 Å². The van der Waals surface area contributed by atoms with E-state index in [0.717, 1.165) is 20.9 Å². The molecule has 0 radical (unpaired) electrons. The zero-order valence-corrected chi connectivity index (χ0v) is 14.5. The number of benzene rings is 3. The minimum atomic E-state index is -0.370. The number of carbonyl (C=O) groups excluding carboxylic acids is 1. The first-order valence-corrected chi connectivity index (χ1v) is 8.03. The van der Waals surface area contributed by atoms with Gasteiger partial charge in [0.25, 0.3) is 0 Å². The Morgan fingerprint density at radius 2 is 1.65 bits per heavy atom. The van der Waals surface area contributed by atoms with E-state index in [2.05, 4.69) is 15.9 Å². The van der Waals surface area contributed by atoms with Crippen molar-refractivity contribution in [3.63, 3.8) is 0 Å². The number of para-hydroxylation sites is 1. The van der Waals surface area contributed by atoms with Crippen LogP contribution in [0.3, 0.4) is 0 Å². The molecular weight excluding hydrogens is 354 g/mol. The lowest BCUT2D eigenvalue weighted by Gasteiger charge is -2.16. The maximum Gasteiger partial charge on any atom is 0.345 e. The second kappa shape index (κ2) is 6.42. The van der Waals surface area contributed by atoms with Crippen LogP contribution in [-0.2, 0) is 0 Å². The maximum absolute atomic E-state index is 12.6. The van der Waals surface area contributed by atoms with Gasteiger partial charge in [-0.15, -0.1) is 0 Å². The fraction of sp³-hybridized carbons (Fsp3) is 0.105. The number of halogens is 1. The number of hydrogen-bond donors (Lipinski definition) is 0. The lowest BCUT2D eigenvalue weighted by Crippen LogP contribution is -2.17. The molecule has 0 bridgehead atoms. The van der Waals surface area contributed by atoms with Crippen molar-refractivity contribution in [1.29, 1.82) is 0 Å². The van der Waals surface area contributed by atoms with Gasteiger partial charge in [0.05, 0.1) is 15.7 Å². The molecule has 0 aromatic heterocycles. The van der Waals surface area contributed by atoms with E-state index >= 15 is 0 Å². The van der Waals surface area contributed by atoms with Crippen LogP contribution in [0.15, 0.2) is 65.1 Å². The second-order valence-electron chi connectivity index (χ2n) is 5.40. The first kappa shape index (κ1) is 15.6. The molecule has 0 spiro atoms. The summed E-state index contributed by atoms with van der Waals surface area (Å²) in [5.74, 6) is 0.146. The quantitative estimate of drug-likeness (QED) is 0.486. The number of ether oxygens (including phenoxy) is 1. The van der Waals surface area contributed by atoms with Gasteiger partial charge >= 0.3 is 5.97 Å². The van der Waals surface area contributed by atoms with E-state index in [1.807, 2.05) is 73.6 Å². The zero-order chi connectivity index (χ0) is 16.4. The predicted octanol–water partition coefficient (Wildman–Crippen LogP) is 4.89. The number of esters is 1. The molecule has 0 saturated carbocycles. The highest BCUT2D eigenvalue weighted by Crippen LogP contribution is 2.34. The Hall–Kier alpha value is -2.33. The Kier molecular flexibility index (Phi) is 4.35. The van der Waals surface area contributed by atoms with Crippen LogP contribution >= 0.6 is 15.9 Å². The SMILES string of the molecule is CN(C)c1ccccc1C(=O)Oc1ccc2ccccc2c1Br. The van der Waals surface area contributed by atoms with Gasteiger partial charge in [0.1, 0.15) is 5.75 Å². The molecule has 3 rings (SSSR count). The summed E-state index contributed by atoms with van der Waals surface area (Å²) >= 11 is 3.54. The van der Waals surface area contributed by atoms with E-state index in [-0.39, 0.29) is 5.97 Å². The molecule has 3 nitrogen and oxygen atoms in total. The van der Waals surface area contributed by atoms with Gasteiger partial charge in [-0.25, -0.2) is 4.79 Å². The van der Waals surface area contributed by atoms with Crippen LogP contribution in [0.1, 0.15) is 10.4 Å². The Bertz CT molecular complexity index is 874. The molecule has 116 valence electrons. The first-order chi connectivity index (χ1) is 11.1. The highest BCUT2D eigenvalue weighted by atomic mass is 79.9. The van der Waals surface area contributed by atoms with Crippen molar-refractivity contribution in [3.05, 3.63) is 70.7 Å². The van der Waals surface area contributed by atoms with Gasteiger partial charge in [-0.2, -0.15) is 0 Å². The molecule has 3 aromatic carbocycles. The fourth-order valence-corrected chi connectivity index (χ4v) is 3.06. The molecule has 0 atom stereocenters. The summed E-state index contributed by atoms with van der Waals surface area (Å²) in [6.45, 7) is 0. The summed E-state index contributed by atoms with van der Waals surface area (Å²) in [7, 11) is 3.80. The van der Waals surface area contributed by atoms with Crippen molar-refractivity contribution in [3.8, 4) is 5.75 Å². The van der Waals surface area contributed by atoms with Gasteiger partial charge in [0.2, 0.25) is 0 Å². The van der Waals surface area contributed by atoms with Crippen LogP contribution < -0.4 is 9.64 Å². The Balaban J connectivity index is 1.97. The molecule has 0 aliphatic rings. The third kappa shape index (κ3) is 3.08.